The van der Waals surface area contributed by atoms with Crippen molar-refractivity contribution in [2.24, 2.45) is 0 Å². The molecule has 0 fully saturated rings. The molecule has 0 saturated heterocycles. The molecule has 1 amide bonds. The average Bonchev–Trinajstić information content (AvgIpc) is 3.47. The van der Waals surface area contributed by atoms with Gasteiger partial charge in [0.25, 0.3) is 0 Å². The number of anilines is 1. The van der Waals surface area contributed by atoms with Crippen LogP contribution >= 0.6 is 23.4 Å². The van der Waals surface area contributed by atoms with Gasteiger partial charge in [-0.1, -0.05) is 47.6 Å². The van der Waals surface area contributed by atoms with Crippen molar-refractivity contribution in [3.63, 3.8) is 0 Å². The van der Waals surface area contributed by atoms with Crippen molar-refractivity contribution in [1.82, 2.24) is 19.7 Å². The Kier molecular flexibility index (Phi) is 6.24. The molecule has 0 saturated carbocycles. The van der Waals surface area contributed by atoms with E-state index in [4.69, 9.17) is 16.3 Å². The molecule has 5 aromatic rings. The number of benzene rings is 3. The largest absolute Gasteiger partial charge is 0.497 e. The number of ether oxygens (including phenoxy) is 1. The second kappa shape index (κ2) is 9.62. The first kappa shape index (κ1) is 22.1. The Labute approximate surface area is 205 Å². The number of hydrogen-bond acceptors (Lipinski definition) is 5. The van der Waals surface area contributed by atoms with E-state index in [9.17, 15) is 4.79 Å². The molecule has 34 heavy (non-hydrogen) atoms. The van der Waals surface area contributed by atoms with Gasteiger partial charge in [0, 0.05) is 45.1 Å². The normalized spacial score (nSPS) is 11.0. The van der Waals surface area contributed by atoms with E-state index in [2.05, 4.69) is 20.5 Å². The maximum absolute atomic E-state index is 12.6. The van der Waals surface area contributed by atoms with Crippen molar-refractivity contribution in [2.75, 3.05) is 18.2 Å². The molecule has 0 aliphatic carbocycles. The van der Waals surface area contributed by atoms with Gasteiger partial charge >= 0.3 is 0 Å². The number of H-pyrrole nitrogens is 1. The van der Waals surface area contributed by atoms with Crippen molar-refractivity contribution >= 4 is 45.9 Å². The van der Waals surface area contributed by atoms with E-state index >= 15 is 0 Å². The number of aromatic amines is 1. The van der Waals surface area contributed by atoms with E-state index in [1.807, 2.05) is 77.5 Å². The summed E-state index contributed by atoms with van der Waals surface area (Å²) in [5.74, 6) is 1.36. The monoisotopic (exact) mass is 489 g/mol. The van der Waals surface area contributed by atoms with Gasteiger partial charge < -0.3 is 15.0 Å². The van der Waals surface area contributed by atoms with E-state index in [0.29, 0.717) is 27.4 Å². The Bertz CT molecular complexity index is 1460. The van der Waals surface area contributed by atoms with Gasteiger partial charge in [-0.15, -0.1) is 10.2 Å². The molecule has 0 spiro atoms. The minimum Gasteiger partial charge on any atom is -0.497 e. The van der Waals surface area contributed by atoms with Crippen LogP contribution in [0.2, 0.25) is 5.02 Å². The number of amides is 1. The standard InChI is InChI=1S/C25H20ClN5O2S/c1-33-19-6-4-5-17(13-19)28-23(32)15-34-25-30-29-24(31(25)18-11-9-16(26)10-12-18)21-14-27-22-8-3-2-7-20(21)22/h2-14,27H,15H2,1H3,(H,28,32). The first-order valence-corrected chi connectivity index (χ1v) is 11.8. The SMILES string of the molecule is COc1cccc(NC(=O)CSc2nnc(-c3c[nH]c4ccccc34)n2-c2ccc(Cl)cc2)c1. The van der Waals surface area contributed by atoms with Gasteiger partial charge in [0.15, 0.2) is 11.0 Å². The van der Waals surface area contributed by atoms with Crippen molar-refractivity contribution in [3.8, 4) is 22.8 Å². The quantitative estimate of drug-likeness (QED) is 0.282. The fourth-order valence-corrected chi connectivity index (χ4v) is 4.52. The van der Waals surface area contributed by atoms with Gasteiger partial charge in [0.1, 0.15) is 5.75 Å². The molecule has 0 unspecified atom stereocenters. The molecule has 2 heterocycles. The molecule has 2 N–H and O–H groups in total. The summed E-state index contributed by atoms with van der Waals surface area (Å²) in [6.45, 7) is 0. The zero-order valence-electron chi connectivity index (χ0n) is 18.2. The number of rotatable bonds is 7. The number of methoxy groups -OCH3 is 1. The zero-order chi connectivity index (χ0) is 23.5. The van der Waals surface area contributed by atoms with Crippen molar-refractivity contribution < 1.29 is 9.53 Å². The highest BCUT2D eigenvalue weighted by molar-refractivity contribution is 7.99. The number of carbonyl (C=O) groups excluding carboxylic acids is 1. The maximum atomic E-state index is 12.6. The number of para-hydroxylation sites is 1. The predicted octanol–water partition coefficient (Wildman–Crippen LogP) is 5.81. The summed E-state index contributed by atoms with van der Waals surface area (Å²) in [5, 5.41) is 14.1. The minimum absolute atomic E-state index is 0.155. The first-order chi connectivity index (χ1) is 16.6. The third-order valence-corrected chi connectivity index (χ3v) is 6.42. The molecule has 0 radical (unpaired) electrons. The summed E-state index contributed by atoms with van der Waals surface area (Å²) in [5.41, 5.74) is 3.45. The fraction of sp³-hybridized carbons (Fsp3) is 0.0800. The second-order valence-electron chi connectivity index (χ2n) is 7.43. The van der Waals surface area contributed by atoms with E-state index < -0.39 is 0 Å². The van der Waals surface area contributed by atoms with Crippen LogP contribution in [0.15, 0.2) is 84.1 Å². The Morgan fingerprint density at radius 3 is 2.74 bits per heavy atom. The smallest absolute Gasteiger partial charge is 0.234 e. The number of nitrogens with one attached hydrogen (secondary N) is 2. The van der Waals surface area contributed by atoms with E-state index in [0.717, 1.165) is 22.2 Å². The lowest BCUT2D eigenvalue weighted by atomic mass is 10.1. The maximum Gasteiger partial charge on any atom is 0.234 e. The number of aromatic nitrogens is 4. The molecule has 5 rings (SSSR count). The Hall–Kier alpha value is -3.75. The molecular weight excluding hydrogens is 470 g/mol. The number of fused-ring (bicyclic) bond motifs is 1. The highest BCUT2D eigenvalue weighted by Crippen LogP contribution is 2.32. The first-order valence-electron chi connectivity index (χ1n) is 10.5. The second-order valence-corrected chi connectivity index (χ2v) is 8.81. The van der Waals surface area contributed by atoms with E-state index in [1.54, 1.807) is 13.2 Å². The van der Waals surface area contributed by atoms with Gasteiger partial charge in [-0.3, -0.25) is 9.36 Å². The molecule has 9 heteroatoms. The van der Waals surface area contributed by atoms with Gasteiger partial charge in [0.05, 0.1) is 12.9 Å². The van der Waals surface area contributed by atoms with E-state index in [1.165, 1.54) is 11.8 Å². The van der Waals surface area contributed by atoms with Crippen molar-refractivity contribution in [2.45, 2.75) is 5.16 Å². The van der Waals surface area contributed by atoms with Crippen LogP contribution in [0.1, 0.15) is 0 Å². The molecule has 3 aromatic carbocycles. The molecule has 0 bridgehead atoms. The van der Waals surface area contributed by atoms with Crippen LogP contribution in [0, 0.1) is 0 Å². The number of carbonyl (C=O) groups is 1. The lowest BCUT2D eigenvalue weighted by Crippen LogP contribution is -2.14. The van der Waals surface area contributed by atoms with Crippen LogP contribution in [0.25, 0.3) is 28.0 Å². The third kappa shape index (κ3) is 4.50. The average molecular weight is 490 g/mol. The number of hydrogen-bond donors (Lipinski definition) is 2. The van der Waals surface area contributed by atoms with Crippen molar-refractivity contribution in [1.29, 1.82) is 0 Å². The third-order valence-electron chi connectivity index (χ3n) is 5.23. The molecule has 0 aliphatic rings. The highest BCUT2D eigenvalue weighted by Gasteiger charge is 2.20. The summed E-state index contributed by atoms with van der Waals surface area (Å²) >= 11 is 7.43. The number of halogens is 1. The van der Waals surface area contributed by atoms with Crippen LogP contribution in [0.5, 0.6) is 5.75 Å². The minimum atomic E-state index is -0.155. The lowest BCUT2D eigenvalue weighted by Gasteiger charge is -2.11. The zero-order valence-corrected chi connectivity index (χ0v) is 19.7. The van der Waals surface area contributed by atoms with Crippen LogP contribution in [-0.2, 0) is 4.79 Å². The molecule has 2 aromatic heterocycles. The van der Waals surface area contributed by atoms with Crippen LogP contribution < -0.4 is 10.1 Å². The van der Waals surface area contributed by atoms with Crippen molar-refractivity contribution in [3.05, 3.63) is 84.0 Å². The lowest BCUT2D eigenvalue weighted by molar-refractivity contribution is -0.113. The predicted molar refractivity (Wildman–Crippen MR) is 136 cm³/mol. The van der Waals surface area contributed by atoms with Gasteiger partial charge in [-0.25, -0.2) is 0 Å². The summed E-state index contributed by atoms with van der Waals surface area (Å²) in [6.07, 6.45) is 1.92. The number of nitrogens with zero attached hydrogens (tertiary/aromatic N) is 3. The fourth-order valence-electron chi connectivity index (χ4n) is 3.65. The Balaban J connectivity index is 1.45. The molecule has 0 atom stereocenters. The van der Waals surface area contributed by atoms with Crippen LogP contribution in [0.3, 0.4) is 0 Å². The summed E-state index contributed by atoms with van der Waals surface area (Å²) < 4.78 is 7.16. The molecule has 170 valence electrons. The summed E-state index contributed by atoms with van der Waals surface area (Å²) in [6, 6.07) is 22.7. The van der Waals surface area contributed by atoms with Crippen LogP contribution in [0.4, 0.5) is 5.69 Å². The van der Waals surface area contributed by atoms with Gasteiger partial charge in [-0.2, -0.15) is 0 Å². The van der Waals surface area contributed by atoms with Gasteiger partial charge in [0.2, 0.25) is 5.91 Å². The molecule has 0 aliphatic heterocycles. The van der Waals surface area contributed by atoms with Gasteiger partial charge in [-0.05, 0) is 42.5 Å². The van der Waals surface area contributed by atoms with E-state index in [-0.39, 0.29) is 11.7 Å². The number of thioether (sulfide) groups is 1. The Morgan fingerprint density at radius 1 is 1.09 bits per heavy atom. The Morgan fingerprint density at radius 2 is 1.91 bits per heavy atom. The summed E-state index contributed by atoms with van der Waals surface area (Å²) in [4.78, 5) is 15.9. The van der Waals surface area contributed by atoms with Crippen LogP contribution in [-0.4, -0.2) is 38.5 Å². The summed E-state index contributed by atoms with van der Waals surface area (Å²) in [7, 11) is 1.59. The topological polar surface area (TPSA) is 84.8 Å². The highest BCUT2D eigenvalue weighted by atomic mass is 35.5. The molecular formula is C25H20ClN5O2S. The molecule has 7 nitrogen and oxygen atoms in total.